The van der Waals surface area contributed by atoms with E-state index in [2.05, 4.69) is 27.8 Å². The summed E-state index contributed by atoms with van der Waals surface area (Å²) >= 11 is 3.35. The van der Waals surface area contributed by atoms with Gasteiger partial charge in [0.05, 0.1) is 4.47 Å². The lowest BCUT2D eigenvalue weighted by Gasteiger charge is -2.39. The molecule has 1 saturated heterocycles. The molecule has 15 heavy (non-hydrogen) atoms. The number of hydrogen-bond donors (Lipinski definition) is 1. The van der Waals surface area contributed by atoms with Crippen LogP contribution in [0.25, 0.3) is 0 Å². The quantitative estimate of drug-likeness (QED) is 0.912. The van der Waals surface area contributed by atoms with Crippen LogP contribution in [0.15, 0.2) is 22.7 Å². The predicted molar refractivity (Wildman–Crippen MR) is 65.3 cm³/mol. The third-order valence-corrected chi connectivity index (χ3v) is 3.58. The SMILES string of the molecule is CCCN1CC(c2ccc(O)c(Br)c2)C1. The summed E-state index contributed by atoms with van der Waals surface area (Å²) < 4.78 is 0.800. The molecule has 0 amide bonds. The Morgan fingerprint density at radius 3 is 2.80 bits per heavy atom. The van der Waals surface area contributed by atoms with Crippen molar-refractivity contribution in [3.63, 3.8) is 0 Å². The van der Waals surface area contributed by atoms with Crippen LogP contribution in [0.5, 0.6) is 5.75 Å². The number of phenolic OH excluding ortho intramolecular Hbond substituents is 1. The van der Waals surface area contributed by atoms with Gasteiger partial charge in [0.15, 0.2) is 0 Å². The Morgan fingerprint density at radius 1 is 1.47 bits per heavy atom. The largest absolute Gasteiger partial charge is 0.507 e. The van der Waals surface area contributed by atoms with Gasteiger partial charge in [0, 0.05) is 19.0 Å². The Morgan fingerprint density at radius 2 is 2.20 bits per heavy atom. The Balaban J connectivity index is 1.98. The summed E-state index contributed by atoms with van der Waals surface area (Å²) in [6, 6.07) is 5.82. The summed E-state index contributed by atoms with van der Waals surface area (Å²) in [5.74, 6) is 0.969. The molecule has 1 aliphatic rings. The molecule has 3 heteroatoms. The number of benzene rings is 1. The zero-order valence-electron chi connectivity index (χ0n) is 8.91. The molecule has 0 saturated carbocycles. The molecule has 1 aromatic carbocycles. The molecule has 82 valence electrons. The van der Waals surface area contributed by atoms with E-state index in [0.29, 0.717) is 11.7 Å². The maximum Gasteiger partial charge on any atom is 0.129 e. The third-order valence-electron chi connectivity index (χ3n) is 2.94. The van der Waals surface area contributed by atoms with Crippen molar-refractivity contribution >= 4 is 15.9 Å². The maximum atomic E-state index is 9.40. The van der Waals surface area contributed by atoms with Crippen LogP contribution < -0.4 is 0 Å². The Bertz CT molecular complexity index is 347. The first kappa shape index (κ1) is 11.0. The van der Waals surface area contributed by atoms with Crippen molar-refractivity contribution < 1.29 is 5.11 Å². The first-order valence-electron chi connectivity index (χ1n) is 5.41. The summed E-state index contributed by atoms with van der Waals surface area (Å²) in [7, 11) is 0. The van der Waals surface area contributed by atoms with Gasteiger partial charge in [0.2, 0.25) is 0 Å². The van der Waals surface area contributed by atoms with Crippen molar-refractivity contribution in [1.29, 1.82) is 0 Å². The van der Waals surface area contributed by atoms with Gasteiger partial charge in [-0.15, -0.1) is 0 Å². The van der Waals surface area contributed by atoms with E-state index in [1.54, 1.807) is 6.07 Å². The van der Waals surface area contributed by atoms with E-state index in [-0.39, 0.29) is 0 Å². The van der Waals surface area contributed by atoms with Crippen molar-refractivity contribution in [3.8, 4) is 5.75 Å². The number of nitrogens with zero attached hydrogens (tertiary/aromatic N) is 1. The highest BCUT2D eigenvalue weighted by atomic mass is 79.9. The number of likely N-dealkylation sites (tertiary alicyclic amines) is 1. The van der Waals surface area contributed by atoms with Gasteiger partial charge in [-0.3, -0.25) is 0 Å². The summed E-state index contributed by atoms with van der Waals surface area (Å²) in [6.45, 7) is 5.73. The minimum absolute atomic E-state index is 0.323. The number of rotatable bonds is 3. The van der Waals surface area contributed by atoms with Gasteiger partial charge in [0.25, 0.3) is 0 Å². The molecular formula is C12H16BrNO. The number of hydrogen-bond acceptors (Lipinski definition) is 2. The second-order valence-electron chi connectivity index (χ2n) is 4.17. The molecule has 0 aromatic heterocycles. The first-order valence-corrected chi connectivity index (χ1v) is 6.20. The van der Waals surface area contributed by atoms with Crippen molar-refractivity contribution in [2.45, 2.75) is 19.3 Å². The Labute approximate surface area is 99.0 Å². The molecule has 0 unspecified atom stereocenters. The molecule has 0 aliphatic carbocycles. The predicted octanol–water partition coefficient (Wildman–Crippen LogP) is 2.96. The van der Waals surface area contributed by atoms with Crippen LogP contribution in [0.4, 0.5) is 0 Å². The number of halogens is 1. The van der Waals surface area contributed by atoms with Crippen LogP contribution in [0, 0.1) is 0 Å². The summed E-state index contributed by atoms with van der Waals surface area (Å²) in [6.07, 6.45) is 1.23. The standard InChI is InChI=1S/C12H16BrNO/c1-2-5-14-7-10(8-14)9-3-4-12(15)11(13)6-9/h3-4,6,10,15H,2,5,7-8H2,1H3. The zero-order chi connectivity index (χ0) is 10.8. The average Bonchev–Trinajstić information content (AvgIpc) is 2.16. The van der Waals surface area contributed by atoms with E-state index in [4.69, 9.17) is 0 Å². The summed E-state index contributed by atoms with van der Waals surface area (Å²) in [5.41, 5.74) is 1.33. The summed E-state index contributed by atoms with van der Waals surface area (Å²) in [5, 5.41) is 9.40. The van der Waals surface area contributed by atoms with Crippen LogP contribution in [0.1, 0.15) is 24.8 Å². The maximum absolute atomic E-state index is 9.40. The molecule has 0 bridgehead atoms. The molecule has 1 fully saturated rings. The average molecular weight is 270 g/mol. The van der Waals surface area contributed by atoms with Gasteiger partial charge in [-0.05, 0) is 46.6 Å². The van der Waals surface area contributed by atoms with Crippen LogP contribution in [0.2, 0.25) is 0 Å². The number of phenols is 1. The van der Waals surface area contributed by atoms with Gasteiger partial charge in [-0.25, -0.2) is 0 Å². The third kappa shape index (κ3) is 2.34. The van der Waals surface area contributed by atoms with Crippen LogP contribution in [0.3, 0.4) is 0 Å². The topological polar surface area (TPSA) is 23.5 Å². The van der Waals surface area contributed by atoms with Crippen LogP contribution in [-0.4, -0.2) is 29.6 Å². The first-order chi connectivity index (χ1) is 7.20. The molecule has 1 heterocycles. The van der Waals surface area contributed by atoms with Crippen LogP contribution in [-0.2, 0) is 0 Å². The van der Waals surface area contributed by atoms with Gasteiger partial charge in [-0.2, -0.15) is 0 Å². The Hall–Kier alpha value is -0.540. The van der Waals surface area contributed by atoms with Crippen LogP contribution >= 0.6 is 15.9 Å². The minimum Gasteiger partial charge on any atom is -0.507 e. The molecule has 0 radical (unpaired) electrons. The molecule has 0 atom stereocenters. The molecule has 1 aliphatic heterocycles. The van der Waals surface area contributed by atoms with Crippen molar-refractivity contribution in [3.05, 3.63) is 28.2 Å². The highest BCUT2D eigenvalue weighted by Gasteiger charge is 2.27. The minimum atomic E-state index is 0.323. The zero-order valence-corrected chi connectivity index (χ0v) is 10.5. The lowest BCUT2D eigenvalue weighted by molar-refractivity contribution is 0.148. The summed E-state index contributed by atoms with van der Waals surface area (Å²) in [4.78, 5) is 2.46. The van der Waals surface area contributed by atoms with Crippen molar-refractivity contribution in [1.82, 2.24) is 4.90 Å². The van der Waals surface area contributed by atoms with Gasteiger partial charge in [0.1, 0.15) is 5.75 Å². The second kappa shape index (κ2) is 4.54. The van der Waals surface area contributed by atoms with Gasteiger partial charge < -0.3 is 10.0 Å². The lowest BCUT2D eigenvalue weighted by atomic mass is 9.91. The normalized spacial score (nSPS) is 17.7. The molecule has 2 rings (SSSR count). The fraction of sp³-hybridized carbons (Fsp3) is 0.500. The molecule has 2 nitrogen and oxygen atoms in total. The van der Waals surface area contributed by atoms with E-state index in [1.165, 1.54) is 18.5 Å². The molecular weight excluding hydrogens is 254 g/mol. The van der Waals surface area contributed by atoms with Crippen molar-refractivity contribution in [2.24, 2.45) is 0 Å². The Kier molecular flexibility index (Phi) is 3.32. The highest BCUT2D eigenvalue weighted by Crippen LogP contribution is 2.32. The molecule has 1 aromatic rings. The lowest BCUT2D eigenvalue weighted by Crippen LogP contribution is -2.45. The van der Waals surface area contributed by atoms with Gasteiger partial charge >= 0.3 is 0 Å². The van der Waals surface area contributed by atoms with E-state index in [0.717, 1.165) is 17.6 Å². The highest BCUT2D eigenvalue weighted by molar-refractivity contribution is 9.10. The molecule has 1 N–H and O–H groups in total. The second-order valence-corrected chi connectivity index (χ2v) is 5.02. The van der Waals surface area contributed by atoms with Gasteiger partial charge in [-0.1, -0.05) is 13.0 Å². The van der Waals surface area contributed by atoms with E-state index < -0.39 is 0 Å². The number of aromatic hydroxyl groups is 1. The van der Waals surface area contributed by atoms with E-state index in [1.807, 2.05) is 12.1 Å². The van der Waals surface area contributed by atoms with E-state index >= 15 is 0 Å². The molecule has 0 spiro atoms. The van der Waals surface area contributed by atoms with Crippen molar-refractivity contribution in [2.75, 3.05) is 19.6 Å². The van der Waals surface area contributed by atoms with E-state index in [9.17, 15) is 5.11 Å². The monoisotopic (exact) mass is 269 g/mol. The fourth-order valence-corrected chi connectivity index (χ4v) is 2.45. The smallest absolute Gasteiger partial charge is 0.129 e. The fourth-order valence-electron chi connectivity index (χ4n) is 2.06.